The Balaban J connectivity index is 2.38. The summed E-state index contributed by atoms with van der Waals surface area (Å²) in [5, 5.41) is 11.0. The van der Waals surface area contributed by atoms with E-state index >= 15 is 0 Å². The number of hydrogen-bond acceptors (Lipinski definition) is 4. The summed E-state index contributed by atoms with van der Waals surface area (Å²) in [5.41, 5.74) is 5.86. The van der Waals surface area contributed by atoms with Gasteiger partial charge in [-0.05, 0) is 37.3 Å². The SMILES string of the molecule is CC[C@H]1C[C@@H](C)CCN1c1ccc([N+](=O)[O-])c(C(N)=O)c1. The standard InChI is InChI=1S/C15H21N3O3/c1-3-11-8-10(2)6-7-17(11)12-4-5-14(18(20)21)13(9-12)15(16)19/h4-5,9-11H,3,6-8H2,1-2H3,(H2,16,19)/t10-,11-/m0/s1. The van der Waals surface area contributed by atoms with Crippen molar-refractivity contribution >= 4 is 17.3 Å². The maximum Gasteiger partial charge on any atom is 0.282 e. The number of rotatable bonds is 4. The lowest BCUT2D eigenvalue weighted by molar-refractivity contribution is -0.385. The quantitative estimate of drug-likeness (QED) is 0.682. The molecule has 6 heteroatoms. The van der Waals surface area contributed by atoms with Crippen molar-refractivity contribution in [2.75, 3.05) is 11.4 Å². The molecule has 1 aromatic carbocycles. The van der Waals surface area contributed by atoms with Crippen molar-refractivity contribution in [3.63, 3.8) is 0 Å². The zero-order valence-electron chi connectivity index (χ0n) is 12.4. The molecule has 0 aromatic heterocycles. The number of piperidine rings is 1. The zero-order chi connectivity index (χ0) is 15.6. The van der Waals surface area contributed by atoms with E-state index in [4.69, 9.17) is 5.73 Å². The predicted molar refractivity (Wildman–Crippen MR) is 81.4 cm³/mol. The lowest BCUT2D eigenvalue weighted by Crippen LogP contribution is -2.41. The Kier molecular flexibility index (Phi) is 4.45. The van der Waals surface area contributed by atoms with E-state index in [2.05, 4.69) is 18.7 Å². The average Bonchev–Trinajstić information content (AvgIpc) is 2.46. The second kappa shape index (κ2) is 6.11. The van der Waals surface area contributed by atoms with Gasteiger partial charge in [-0.15, -0.1) is 0 Å². The topological polar surface area (TPSA) is 89.5 Å². The van der Waals surface area contributed by atoms with Crippen LogP contribution in [0.5, 0.6) is 0 Å². The van der Waals surface area contributed by atoms with E-state index in [0.717, 1.165) is 31.5 Å². The minimum Gasteiger partial charge on any atom is -0.369 e. The molecule has 21 heavy (non-hydrogen) atoms. The van der Waals surface area contributed by atoms with Crippen LogP contribution in [0.1, 0.15) is 43.5 Å². The van der Waals surface area contributed by atoms with Gasteiger partial charge >= 0.3 is 0 Å². The minimum absolute atomic E-state index is 0.0222. The third-order valence-electron chi connectivity index (χ3n) is 4.22. The first-order valence-corrected chi connectivity index (χ1v) is 7.29. The normalized spacial score (nSPS) is 22.1. The number of carbonyl (C=O) groups excluding carboxylic acids is 1. The molecule has 0 bridgehead atoms. The number of amides is 1. The Bertz CT molecular complexity index is 559. The van der Waals surface area contributed by atoms with Crippen LogP contribution in [-0.4, -0.2) is 23.4 Å². The predicted octanol–water partition coefficient (Wildman–Crippen LogP) is 2.71. The molecule has 1 saturated heterocycles. The first-order valence-electron chi connectivity index (χ1n) is 7.29. The molecule has 1 aromatic rings. The maximum atomic E-state index is 11.5. The summed E-state index contributed by atoms with van der Waals surface area (Å²) < 4.78 is 0. The number of hydrogen-bond donors (Lipinski definition) is 1. The van der Waals surface area contributed by atoms with Gasteiger partial charge in [0, 0.05) is 24.3 Å². The molecule has 0 aliphatic carbocycles. The minimum atomic E-state index is -0.762. The molecule has 1 aliphatic rings. The van der Waals surface area contributed by atoms with Gasteiger partial charge in [0.1, 0.15) is 5.56 Å². The summed E-state index contributed by atoms with van der Waals surface area (Å²) in [5.74, 6) is -0.0816. The van der Waals surface area contributed by atoms with Gasteiger partial charge in [-0.1, -0.05) is 13.8 Å². The van der Waals surface area contributed by atoms with Crippen molar-refractivity contribution in [1.29, 1.82) is 0 Å². The van der Waals surface area contributed by atoms with Crippen molar-refractivity contribution in [2.24, 2.45) is 11.7 Å². The highest BCUT2D eigenvalue weighted by molar-refractivity contribution is 5.98. The van der Waals surface area contributed by atoms with E-state index in [-0.39, 0.29) is 11.3 Å². The Labute approximate surface area is 124 Å². The third kappa shape index (κ3) is 3.15. The number of benzene rings is 1. The zero-order valence-corrected chi connectivity index (χ0v) is 12.4. The molecule has 0 radical (unpaired) electrons. The Morgan fingerprint density at radius 2 is 2.24 bits per heavy atom. The number of primary amides is 1. The van der Waals surface area contributed by atoms with E-state index in [1.54, 1.807) is 12.1 Å². The van der Waals surface area contributed by atoms with Crippen LogP contribution in [-0.2, 0) is 0 Å². The van der Waals surface area contributed by atoms with Gasteiger partial charge in [-0.3, -0.25) is 14.9 Å². The number of nitro groups is 1. The molecule has 2 rings (SSSR count). The van der Waals surface area contributed by atoms with E-state index in [1.165, 1.54) is 6.07 Å². The Morgan fingerprint density at radius 3 is 2.81 bits per heavy atom. The van der Waals surface area contributed by atoms with Gasteiger partial charge in [0.25, 0.3) is 11.6 Å². The average molecular weight is 291 g/mol. The van der Waals surface area contributed by atoms with Crippen LogP contribution in [0.15, 0.2) is 18.2 Å². The van der Waals surface area contributed by atoms with Crippen molar-refractivity contribution in [1.82, 2.24) is 0 Å². The smallest absolute Gasteiger partial charge is 0.282 e. The fourth-order valence-electron chi connectivity index (χ4n) is 3.04. The first kappa shape index (κ1) is 15.3. The van der Waals surface area contributed by atoms with Crippen molar-refractivity contribution in [3.8, 4) is 0 Å². The molecule has 0 spiro atoms. The highest BCUT2D eigenvalue weighted by atomic mass is 16.6. The fourth-order valence-corrected chi connectivity index (χ4v) is 3.04. The van der Waals surface area contributed by atoms with Crippen LogP contribution >= 0.6 is 0 Å². The van der Waals surface area contributed by atoms with Crippen molar-refractivity contribution in [3.05, 3.63) is 33.9 Å². The number of carbonyl (C=O) groups is 1. The fraction of sp³-hybridized carbons (Fsp3) is 0.533. The Morgan fingerprint density at radius 1 is 1.52 bits per heavy atom. The molecule has 1 amide bonds. The van der Waals surface area contributed by atoms with Gasteiger partial charge in [-0.25, -0.2) is 0 Å². The van der Waals surface area contributed by atoms with Crippen LogP contribution in [0.3, 0.4) is 0 Å². The van der Waals surface area contributed by atoms with Crippen LogP contribution in [0.2, 0.25) is 0 Å². The van der Waals surface area contributed by atoms with Crippen molar-refractivity contribution in [2.45, 2.75) is 39.2 Å². The molecule has 2 N–H and O–H groups in total. The van der Waals surface area contributed by atoms with E-state index < -0.39 is 10.8 Å². The number of nitrogens with zero attached hydrogens (tertiary/aromatic N) is 2. The van der Waals surface area contributed by atoms with Crippen LogP contribution in [0, 0.1) is 16.0 Å². The van der Waals surface area contributed by atoms with E-state index in [1.807, 2.05) is 0 Å². The molecule has 1 aliphatic heterocycles. The molecule has 2 atom stereocenters. The summed E-state index contributed by atoms with van der Waals surface area (Å²) in [4.78, 5) is 24.1. The van der Waals surface area contributed by atoms with Gasteiger partial charge in [0.2, 0.25) is 0 Å². The number of nitrogens with two attached hydrogens (primary N) is 1. The molecule has 6 nitrogen and oxygen atoms in total. The summed E-state index contributed by atoms with van der Waals surface area (Å²) in [7, 11) is 0. The highest BCUT2D eigenvalue weighted by Crippen LogP contribution is 2.32. The van der Waals surface area contributed by atoms with E-state index in [0.29, 0.717) is 12.0 Å². The Hall–Kier alpha value is -2.11. The summed E-state index contributed by atoms with van der Waals surface area (Å²) >= 11 is 0. The lowest BCUT2D eigenvalue weighted by Gasteiger charge is -2.40. The van der Waals surface area contributed by atoms with Crippen LogP contribution in [0.25, 0.3) is 0 Å². The second-order valence-corrected chi connectivity index (χ2v) is 5.71. The lowest BCUT2D eigenvalue weighted by atomic mass is 9.90. The van der Waals surface area contributed by atoms with Gasteiger partial charge in [0.05, 0.1) is 4.92 Å². The third-order valence-corrected chi connectivity index (χ3v) is 4.22. The van der Waals surface area contributed by atoms with Gasteiger partial charge < -0.3 is 10.6 Å². The molecule has 1 fully saturated rings. The van der Waals surface area contributed by atoms with E-state index in [9.17, 15) is 14.9 Å². The van der Waals surface area contributed by atoms with Gasteiger partial charge in [-0.2, -0.15) is 0 Å². The maximum absolute atomic E-state index is 11.5. The molecule has 114 valence electrons. The van der Waals surface area contributed by atoms with Gasteiger partial charge in [0.15, 0.2) is 0 Å². The second-order valence-electron chi connectivity index (χ2n) is 5.71. The largest absolute Gasteiger partial charge is 0.369 e. The van der Waals surface area contributed by atoms with Crippen LogP contribution < -0.4 is 10.6 Å². The molecular weight excluding hydrogens is 270 g/mol. The summed E-state index contributed by atoms with van der Waals surface area (Å²) in [6.45, 7) is 5.27. The van der Waals surface area contributed by atoms with Crippen molar-refractivity contribution < 1.29 is 9.72 Å². The number of anilines is 1. The van der Waals surface area contributed by atoms with Crippen LogP contribution in [0.4, 0.5) is 11.4 Å². The summed E-state index contributed by atoms with van der Waals surface area (Å²) in [6, 6.07) is 5.04. The molecule has 1 heterocycles. The molecule has 0 saturated carbocycles. The monoisotopic (exact) mass is 291 g/mol. The first-order chi connectivity index (χ1) is 9.93. The number of nitro benzene ring substituents is 1. The molecule has 0 unspecified atom stereocenters. The highest BCUT2D eigenvalue weighted by Gasteiger charge is 2.27. The molecular formula is C15H21N3O3. The summed E-state index contributed by atoms with van der Waals surface area (Å²) in [6.07, 6.45) is 3.19.